The van der Waals surface area contributed by atoms with E-state index in [4.69, 9.17) is 0 Å². The molecule has 0 heterocycles. The molecule has 0 N–H and O–H groups in total. The summed E-state index contributed by atoms with van der Waals surface area (Å²) in [5, 5.41) is 2.85. The average Bonchev–Trinajstić information content (AvgIpc) is 2.77. The largest absolute Gasteiger partial charge is 0.309 e. The van der Waals surface area contributed by atoms with Gasteiger partial charge in [-0.05, 0) is 162 Å². The van der Waals surface area contributed by atoms with Crippen molar-refractivity contribution in [3.05, 3.63) is 96.6 Å². The van der Waals surface area contributed by atoms with Crippen molar-refractivity contribution in [2.45, 2.75) is 90.0 Å². The molecule has 0 aliphatic carbocycles. The molecule has 4 aromatic carbocycles. The molecule has 0 bridgehead atoms. The lowest BCUT2D eigenvalue weighted by Crippen LogP contribution is -2.19. The van der Waals surface area contributed by atoms with Gasteiger partial charge in [0.25, 0.3) is 0 Å². The van der Waals surface area contributed by atoms with Crippen LogP contribution >= 0.6 is 0 Å². The van der Waals surface area contributed by atoms with Gasteiger partial charge in [-0.15, -0.1) is 0 Å². The number of hydrogen-bond acceptors (Lipinski definition) is 1. The Morgan fingerprint density at radius 2 is 0.639 bits per heavy atom. The van der Waals surface area contributed by atoms with Gasteiger partial charge < -0.3 is 4.90 Å². The number of rotatable bonds is 3. The smallest absolute Gasteiger partial charge is 0.0529 e. The molecular formula is C35H43N. The van der Waals surface area contributed by atoms with Crippen molar-refractivity contribution in [2.24, 2.45) is 0 Å². The molecule has 0 saturated carbocycles. The summed E-state index contributed by atoms with van der Waals surface area (Å²) in [4.78, 5) is 2.59. The Balaban J connectivity index is 2.27. The van der Waals surface area contributed by atoms with Crippen LogP contribution in [0, 0.1) is 90.0 Å². The fourth-order valence-corrected chi connectivity index (χ4v) is 6.74. The molecule has 0 aliphatic heterocycles. The zero-order valence-electron chi connectivity index (χ0n) is 24.8. The SMILES string of the molecule is Cc1cc(C)c(N(c2c(C)cc(C)cc2C)c2c(C)c(C)c3c(C)c(C)c(C)c(C)c3c2C)c(C)c1. The van der Waals surface area contributed by atoms with E-state index in [1.54, 1.807) is 0 Å². The predicted molar refractivity (Wildman–Crippen MR) is 160 cm³/mol. The minimum atomic E-state index is 1.30. The van der Waals surface area contributed by atoms with Crippen molar-refractivity contribution in [1.82, 2.24) is 0 Å². The number of hydrogen-bond donors (Lipinski definition) is 0. The van der Waals surface area contributed by atoms with Crippen LogP contribution in [0.15, 0.2) is 24.3 Å². The van der Waals surface area contributed by atoms with Gasteiger partial charge in [0.2, 0.25) is 0 Å². The average molecular weight is 478 g/mol. The Morgan fingerprint density at radius 1 is 0.333 bits per heavy atom. The van der Waals surface area contributed by atoms with Crippen molar-refractivity contribution >= 4 is 27.8 Å². The molecule has 1 heteroatoms. The summed E-state index contributed by atoms with van der Waals surface area (Å²) < 4.78 is 0. The normalized spacial score (nSPS) is 11.5. The third-order valence-corrected chi connectivity index (χ3v) is 8.65. The monoisotopic (exact) mass is 477 g/mol. The Bertz CT molecular complexity index is 1440. The van der Waals surface area contributed by atoms with Crippen LogP contribution in [0.1, 0.15) is 72.3 Å². The Labute approximate surface area is 219 Å². The molecule has 1 nitrogen and oxygen atoms in total. The van der Waals surface area contributed by atoms with Gasteiger partial charge in [0.05, 0.1) is 17.1 Å². The van der Waals surface area contributed by atoms with E-state index in [-0.39, 0.29) is 0 Å². The van der Waals surface area contributed by atoms with Crippen LogP contribution in [0.2, 0.25) is 0 Å². The molecule has 0 unspecified atom stereocenters. The second-order valence-electron chi connectivity index (χ2n) is 11.3. The summed E-state index contributed by atoms with van der Waals surface area (Å²) in [6.07, 6.45) is 0. The molecule has 0 aliphatic rings. The fraction of sp³-hybridized carbons (Fsp3) is 0.371. The quantitative estimate of drug-likeness (QED) is 0.284. The first kappa shape index (κ1) is 26.0. The van der Waals surface area contributed by atoms with Crippen LogP contribution in [0.4, 0.5) is 17.1 Å². The van der Waals surface area contributed by atoms with Gasteiger partial charge in [-0.3, -0.25) is 0 Å². The minimum Gasteiger partial charge on any atom is -0.309 e. The molecule has 0 saturated heterocycles. The summed E-state index contributed by atoms with van der Waals surface area (Å²) in [6.45, 7) is 29.6. The van der Waals surface area contributed by atoms with E-state index in [0.29, 0.717) is 0 Å². The van der Waals surface area contributed by atoms with Gasteiger partial charge in [-0.2, -0.15) is 0 Å². The molecule has 4 aromatic rings. The highest BCUT2D eigenvalue weighted by Gasteiger charge is 2.27. The van der Waals surface area contributed by atoms with E-state index in [2.05, 4.69) is 119 Å². The first-order chi connectivity index (χ1) is 16.8. The van der Waals surface area contributed by atoms with Gasteiger partial charge in [0.1, 0.15) is 0 Å². The van der Waals surface area contributed by atoms with Crippen molar-refractivity contribution in [3.63, 3.8) is 0 Å². The molecule has 0 fully saturated rings. The van der Waals surface area contributed by atoms with Gasteiger partial charge in [-0.1, -0.05) is 35.4 Å². The standard InChI is InChI=1S/C35H43N/c1-18-14-20(3)33(21(4)15-18)36(34-22(5)16-19(2)17-23(34)6)35-29(12)28(11)31-26(9)24(7)25(8)27(10)32(31)30(35)13/h14-17H,1-13H3. The van der Waals surface area contributed by atoms with Crippen molar-refractivity contribution in [3.8, 4) is 0 Å². The molecule has 0 atom stereocenters. The highest BCUT2D eigenvalue weighted by atomic mass is 15.2. The molecule has 188 valence electrons. The molecule has 4 rings (SSSR count). The highest BCUT2D eigenvalue weighted by molar-refractivity contribution is 6.02. The third kappa shape index (κ3) is 3.84. The van der Waals surface area contributed by atoms with Gasteiger partial charge in [0.15, 0.2) is 0 Å². The van der Waals surface area contributed by atoms with E-state index >= 15 is 0 Å². The zero-order chi connectivity index (χ0) is 26.8. The summed E-state index contributed by atoms with van der Waals surface area (Å²) in [6, 6.07) is 9.32. The van der Waals surface area contributed by atoms with Crippen molar-refractivity contribution < 1.29 is 0 Å². The maximum absolute atomic E-state index is 2.59. The second-order valence-corrected chi connectivity index (χ2v) is 11.3. The van der Waals surface area contributed by atoms with Crippen LogP contribution < -0.4 is 4.90 Å². The first-order valence-corrected chi connectivity index (χ1v) is 13.2. The zero-order valence-corrected chi connectivity index (χ0v) is 24.8. The number of fused-ring (bicyclic) bond motifs is 1. The van der Waals surface area contributed by atoms with Crippen LogP contribution in [-0.4, -0.2) is 0 Å². The third-order valence-electron chi connectivity index (χ3n) is 8.65. The molecule has 0 spiro atoms. The topological polar surface area (TPSA) is 3.24 Å². The number of benzene rings is 4. The molecule has 0 amide bonds. The number of nitrogens with zero attached hydrogens (tertiary/aromatic N) is 1. The Hall–Kier alpha value is -3.06. The second kappa shape index (κ2) is 9.11. The predicted octanol–water partition coefficient (Wildman–Crippen LogP) is 10.3. The van der Waals surface area contributed by atoms with Crippen LogP contribution in [0.5, 0.6) is 0 Å². The van der Waals surface area contributed by atoms with E-state index in [1.165, 1.54) is 100 Å². The molecule has 36 heavy (non-hydrogen) atoms. The lowest BCUT2D eigenvalue weighted by Gasteiger charge is -2.35. The van der Waals surface area contributed by atoms with E-state index < -0.39 is 0 Å². The van der Waals surface area contributed by atoms with Crippen LogP contribution in [-0.2, 0) is 0 Å². The van der Waals surface area contributed by atoms with Crippen molar-refractivity contribution in [2.75, 3.05) is 4.90 Å². The summed E-state index contributed by atoms with van der Waals surface area (Å²) >= 11 is 0. The first-order valence-electron chi connectivity index (χ1n) is 13.2. The number of aryl methyl sites for hydroxylation is 10. The van der Waals surface area contributed by atoms with Gasteiger partial charge in [0, 0.05) is 0 Å². The highest BCUT2D eigenvalue weighted by Crippen LogP contribution is 2.49. The van der Waals surface area contributed by atoms with Crippen LogP contribution in [0.3, 0.4) is 0 Å². The fourth-order valence-electron chi connectivity index (χ4n) is 6.74. The Morgan fingerprint density at radius 3 is 1.00 bits per heavy atom. The van der Waals surface area contributed by atoms with Crippen molar-refractivity contribution in [1.29, 1.82) is 0 Å². The minimum absolute atomic E-state index is 1.30. The van der Waals surface area contributed by atoms with E-state index in [0.717, 1.165) is 0 Å². The maximum atomic E-state index is 2.59. The number of anilines is 3. The lowest BCUT2D eigenvalue weighted by atomic mass is 9.84. The summed E-state index contributed by atoms with van der Waals surface area (Å²) in [5.41, 5.74) is 21.6. The summed E-state index contributed by atoms with van der Waals surface area (Å²) in [5.74, 6) is 0. The van der Waals surface area contributed by atoms with Gasteiger partial charge in [-0.25, -0.2) is 0 Å². The van der Waals surface area contributed by atoms with Gasteiger partial charge >= 0.3 is 0 Å². The lowest BCUT2D eigenvalue weighted by molar-refractivity contribution is 1.13. The van der Waals surface area contributed by atoms with E-state index in [9.17, 15) is 0 Å². The molecule has 0 radical (unpaired) electrons. The molecular weight excluding hydrogens is 434 g/mol. The Kier molecular flexibility index (Phi) is 6.58. The van der Waals surface area contributed by atoms with E-state index in [1.807, 2.05) is 0 Å². The maximum Gasteiger partial charge on any atom is 0.0529 e. The van der Waals surface area contributed by atoms with Crippen LogP contribution in [0.25, 0.3) is 10.8 Å². The molecule has 0 aromatic heterocycles. The summed E-state index contributed by atoms with van der Waals surface area (Å²) in [7, 11) is 0.